The Kier molecular flexibility index (Phi) is 5.37. The van der Waals surface area contributed by atoms with E-state index >= 15 is 0 Å². The third-order valence-corrected chi connectivity index (χ3v) is 7.10. The fourth-order valence-corrected chi connectivity index (χ4v) is 5.47. The molecule has 1 aromatic heterocycles. The second-order valence-corrected chi connectivity index (χ2v) is 9.27. The minimum absolute atomic E-state index is 0.201. The molecule has 1 aliphatic carbocycles. The molecular weight excluding hydrogens is 404 g/mol. The van der Waals surface area contributed by atoms with E-state index in [0.29, 0.717) is 23.1 Å². The molecule has 3 aliphatic rings. The van der Waals surface area contributed by atoms with Gasteiger partial charge in [0.15, 0.2) is 5.58 Å². The van der Waals surface area contributed by atoms with Crippen molar-refractivity contribution in [3.05, 3.63) is 22.5 Å². The number of nitrogens with zero attached hydrogens (tertiary/aromatic N) is 1. The number of hydrogen-bond acceptors (Lipinski definition) is 5. The van der Waals surface area contributed by atoms with E-state index in [-0.39, 0.29) is 18.2 Å². The first-order valence-corrected chi connectivity index (χ1v) is 11.5. The summed E-state index contributed by atoms with van der Waals surface area (Å²) in [6, 6.07) is 1.82. The van der Waals surface area contributed by atoms with E-state index < -0.39 is 5.54 Å². The van der Waals surface area contributed by atoms with Gasteiger partial charge in [0, 0.05) is 18.2 Å². The van der Waals surface area contributed by atoms with Crippen molar-refractivity contribution >= 4 is 34.4 Å². The van der Waals surface area contributed by atoms with Crippen LogP contribution in [0.3, 0.4) is 0 Å². The number of aromatic nitrogens is 1. The van der Waals surface area contributed by atoms with Crippen LogP contribution in [0.5, 0.6) is 0 Å². The lowest BCUT2D eigenvalue weighted by Crippen LogP contribution is -2.52. The predicted octanol–water partition coefficient (Wildman–Crippen LogP) is 4.82. The van der Waals surface area contributed by atoms with Crippen LogP contribution in [-0.2, 0) is 16.8 Å². The van der Waals surface area contributed by atoms with Crippen molar-refractivity contribution in [2.45, 2.75) is 82.5 Å². The molecule has 2 aromatic rings. The van der Waals surface area contributed by atoms with Crippen molar-refractivity contribution in [2.24, 2.45) is 0 Å². The van der Waals surface area contributed by atoms with Gasteiger partial charge in [-0.05, 0) is 45.1 Å². The standard InChI is InChI=1S/C22H29ClN4O3/c1-13(16-7-3-6-10-29-16)24-12-17-25-15-11-14(23)19-18(20(15)30-17)22(27-21(28)26-19)8-4-2-5-9-22/h11,13,16,24H,2-10,12H2,1H3,(H2,26,27,28). The van der Waals surface area contributed by atoms with Crippen molar-refractivity contribution in [1.29, 1.82) is 0 Å². The quantitative estimate of drug-likeness (QED) is 0.644. The maximum absolute atomic E-state index is 12.4. The molecule has 30 heavy (non-hydrogen) atoms. The Morgan fingerprint density at radius 2 is 2.13 bits per heavy atom. The van der Waals surface area contributed by atoms with Crippen LogP contribution in [0.15, 0.2) is 10.5 Å². The highest BCUT2D eigenvalue weighted by atomic mass is 35.5. The molecule has 162 valence electrons. The smallest absolute Gasteiger partial charge is 0.319 e. The number of carbonyl (C=O) groups is 1. The number of benzene rings is 1. The summed E-state index contributed by atoms with van der Waals surface area (Å²) < 4.78 is 12.1. The largest absolute Gasteiger partial charge is 0.439 e. The summed E-state index contributed by atoms with van der Waals surface area (Å²) in [6.07, 6.45) is 8.74. The third-order valence-electron chi connectivity index (χ3n) is 6.80. The maximum Gasteiger partial charge on any atom is 0.319 e. The highest BCUT2D eigenvalue weighted by Gasteiger charge is 2.44. The molecule has 2 aliphatic heterocycles. The monoisotopic (exact) mass is 432 g/mol. The molecule has 1 aromatic carbocycles. The number of urea groups is 1. The molecule has 5 rings (SSSR count). The predicted molar refractivity (Wildman–Crippen MR) is 116 cm³/mol. The van der Waals surface area contributed by atoms with Gasteiger partial charge in [-0.3, -0.25) is 0 Å². The molecule has 3 heterocycles. The number of carbonyl (C=O) groups excluding carboxylic acids is 1. The zero-order valence-corrected chi connectivity index (χ0v) is 18.1. The summed E-state index contributed by atoms with van der Waals surface area (Å²) in [4.78, 5) is 17.1. The van der Waals surface area contributed by atoms with E-state index in [2.05, 4.69) is 22.9 Å². The summed E-state index contributed by atoms with van der Waals surface area (Å²) >= 11 is 6.57. The summed E-state index contributed by atoms with van der Waals surface area (Å²) in [6.45, 7) is 3.51. The van der Waals surface area contributed by atoms with Gasteiger partial charge >= 0.3 is 6.03 Å². The van der Waals surface area contributed by atoms with E-state index in [0.717, 1.165) is 61.8 Å². The molecular formula is C22H29ClN4O3. The number of nitrogens with one attached hydrogen (secondary N) is 3. The number of ether oxygens (including phenoxy) is 1. The minimum Gasteiger partial charge on any atom is -0.439 e. The number of rotatable bonds is 4. The van der Waals surface area contributed by atoms with Gasteiger partial charge in [-0.15, -0.1) is 0 Å². The Morgan fingerprint density at radius 3 is 2.90 bits per heavy atom. The third kappa shape index (κ3) is 3.57. The average Bonchev–Trinajstić information content (AvgIpc) is 3.15. The first-order valence-electron chi connectivity index (χ1n) is 11.1. The molecule has 2 amide bonds. The lowest BCUT2D eigenvalue weighted by atomic mass is 9.74. The zero-order chi connectivity index (χ0) is 20.7. The van der Waals surface area contributed by atoms with E-state index in [4.69, 9.17) is 25.7 Å². The molecule has 1 saturated carbocycles. The minimum atomic E-state index is -0.438. The summed E-state index contributed by atoms with van der Waals surface area (Å²) in [5, 5.41) is 10.1. The van der Waals surface area contributed by atoms with Crippen molar-refractivity contribution in [2.75, 3.05) is 11.9 Å². The highest BCUT2D eigenvalue weighted by Crippen LogP contribution is 2.48. The van der Waals surface area contributed by atoms with Gasteiger partial charge in [-0.1, -0.05) is 30.9 Å². The van der Waals surface area contributed by atoms with Gasteiger partial charge < -0.3 is 25.1 Å². The van der Waals surface area contributed by atoms with Crippen LogP contribution in [0.2, 0.25) is 5.02 Å². The number of oxazole rings is 1. The summed E-state index contributed by atoms with van der Waals surface area (Å²) in [5.74, 6) is 0.625. The summed E-state index contributed by atoms with van der Waals surface area (Å²) in [7, 11) is 0. The van der Waals surface area contributed by atoms with Gasteiger partial charge in [-0.25, -0.2) is 9.78 Å². The fourth-order valence-electron chi connectivity index (χ4n) is 5.23. The number of anilines is 1. The second-order valence-electron chi connectivity index (χ2n) is 8.86. The zero-order valence-electron chi connectivity index (χ0n) is 17.4. The van der Waals surface area contributed by atoms with Gasteiger partial charge in [0.25, 0.3) is 0 Å². The Morgan fingerprint density at radius 1 is 1.30 bits per heavy atom. The summed E-state index contributed by atoms with van der Waals surface area (Å²) in [5.41, 5.74) is 2.63. The molecule has 8 heteroatoms. The van der Waals surface area contributed by atoms with Crippen molar-refractivity contribution < 1.29 is 13.9 Å². The molecule has 1 saturated heterocycles. The van der Waals surface area contributed by atoms with Gasteiger partial charge in [0.05, 0.1) is 28.9 Å². The Labute approximate surface area is 181 Å². The van der Waals surface area contributed by atoms with Crippen LogP contribution in [-0.4, -0.2) is 29.8 Å². The van der Waals surface area contributed by atoms with Gasteiger partial charge in [0.2, 0.25) is 5.89 Å². The topological polar surface area (TPSA) is 88.4 Å². The lowest BCUT2D eigenvalue weighted by Gasteiger charge is -2.42. The van der Waals surface area contributed by atoms with E-state index in [1.807, 2.05) is 0 Å². The van der Waals surface area contributed by atoms with E-state index in [1.54, 1.807) is 6.07 Å². The lowest BCUT2D eigenvalue weighted by molar-refractivity contribution is -0.00434. The van der Waals surface area contributed by atoms with Gasteiger partial charge in [-0.2, -0.15) is 0 Å². The number of amides is 2. The van der Waals surface area contributed by atoms with Crippen LogP contribution in [0, 0.1) is 0 Å². The van der Waals surface area contributed by atoms with Crippen molar-refractivity contribution in [3.8, 4) is 0 Å². The number of fused-ring (bicyclic) bond motifs is 4. The van der Waals surface area contributed by atoms with Crippen LogP contribution in [0.1, 0.15) is 69.7 Å². The maximum atomic E-state index is 12.4. The van der Waals surface area contributed by atoms with Crippen molar-refractivity contribution in [3.63, 3.8) is 0 Å². The number of halogens is 1. The van der Waals surface area contributed by atoms with Crippen LogP contribution in [0.25, 0.3) is 11.1 Å². The first kappa shape index (κ1) is 20.1. The molecule has 0 radical (unpaired) electrons. The fraction of sp³-hybridized carbons (Fsp3) is 0.636. The van der Waals surface area contributed by atoms with E-state index in [9.17, 15) is 4.79 Å². The normalized spacial score (nSPS) is 24.3. The second kappa shape index (κ2) is 8.02. The van der Waals surface area contributed by atoms with Crippen LogP contribution >= 0.6 is 11.6 Å². The molecule has 3 N–H and O–H groups in total. The van der Waals surface area contributed by atoms with E-state index in [1.165, 1.54) is 12.8 Å². The molecule has 2 fully saturated rings. The molecule has 0 bridgehead atoms. The molecule has 2 atom stereocenters. The molecule has 2 unspecified atom stereocenters. The molecule has 7 nitrogen and oxygen atoms in total. The Hall–Kier alpha value is -1.83. The Bertz CT molecular complexity index is 947. The van der Waals surface area contributed by atoms with Crippen LogP contribution in [0.4, 0.5) is 10.5 Å². The first-order chi connectivity index (χ1) is 14.6. The number of hydrogen-bond donors (Lipinski definition) is 3. The average molecular weight is 433 g/mol. The SMILES string of the molecule is CC(NCc1nc2cc(Cl)c3c(c2o1)C1(CCCCC1)NC(=O)N3)C1CCCCO1. The molecule has 1 spiro atoms. The highest BCUT2D eigenvalue weighted by molar-refractivity contribution is 6.35. The Balaban J connectivity index is 1.46. The van der Waals surface area contributed by atoms with Gasteiger partial charge in [0.1, 0.15) is 5.52 Å². The van der Waals surface area contributed by atoms with Crippen LogP contribution < -0.4 is 16.0 Å². The van der Waals surface area contributed by atoms with Crippen molar-refractivity contribution in [1.82, 2.24) is 15.6 Å².